The zero-order valence-electron chi connectivity index (χ0n) is 38.1. The highest BCUT2D eigenvalue weighted by atomic mass is 19.1. The van der Waals surface area contributed by atoms with Crippen molar-refractivity contribution in [3.63, 3.8) is 0 Å². The molecule has 2 fully saturated rings. The van der Waals surface area contributed by atoms with Gasteiger partial charge in [0.2, 0.25) is 11.7 Å². The second-order valence-corrected chi connectivity index (χ2v) is 18.1. The van der Waals surface area contributed by atoms with Crippen LogP contribution in [0, 0.1) is 39.6 Å². The highest BCUT2D eigenvalue weighted by molar-refractivity contribution is 6.03. The predicted octanol–water partition coefficient (Wildman–Crippen LogP) is 9.30. The molecular formula is C53H59FN4O10. The molecular weight excluding hydrogens is 872 g/mol. The number of nitro groups is 1. The number of benzene rings is 4. The second kappa shape index (κ2) is 22.1. The van der Waals surface area contributed by atoms with Crippen molar-refractivity contribution in [2.45, 2.75) is 95.2 Å². The first kappa shape index (κ1) is 48.1. The van der Waals surface area contributed by atoms with Crippen LogP contribution in [0.3, 0.4) is 0 Å². The van der Waals surface area contributed by atoms with E-state index < -0.39 is 34.6 Å². The molecule has 3 N–H and O–H groups in total. The van der Waals surface area contributed by atoms with E-state index in [1.54, 1.807) is 47.4 Å². The number of nitro benzene ring substituents is 1. The number of amides is 2. The van der Waals surface area contributed by atoms with Crippen LogP contribution in [0.1, 0.15) is 86.0 Å². The van der Waals surface area contributed by atoms with E-state index in [0.29, 0.717) is 54.0 Å². The molecule has 6 atom stereocenters. The third kappa shape index (κ3) is 11.0. The average molecular weight is 931 g/mol. The SMILES string of the molecule is C=CCO[C@@]12Oc3ccc(OC(=O)NCc4ccccc4)cc3[C@H]3[C@H](CCCCO)[C@@H](CCCCO)C=C(C(=NOCc4ccc([N+](=O)[O-])cc4)C[C@@H]1N(Cc1ccc(F)cc1)C(=O)C1CC1)[C@H]32. The van der Waals surface area contributed by atoms with Crippen molar-refractivity contribution in [2.24, 2.45) is 28.8 Å². The lowest BCUT2D eigenvalue weighted by Crippen LogP contribution is -2.70. The summed E-state index contributed by atoms with van der Waals surface area (Å²) in [5.41, 5.74) is 4.39. The number of fused-ring (bicyclic) bond motifs is 2. The van der Waals surface area contributed by atoms with Crippen molar-refractivity contribution < 1.29 is 48.2 Å². The summed E-state index contributed by atoms with van der Waals surface area (Å²) in [5, 5.41) is 39.1. The van der Waals surface area contributed by atoms with Gasteiger partial charge in [-0.1, -0.05) is 72.6 Å². The normalized spacial score (nSPS) is 23.0. The van der Waals surface area contributed by atoms with Crippen LogP contribution in [0.25, 0.3) is 0 Å². The van der Waals surface area contributed by atoms with Gasteiger partial charge in [-0.15, -0.1) is 6.58 Å². The Kier molecular flexibility index (Phi) is 15.6. The van der Waals surface area contributed by atoms with Crippen molar-refractivity contribution >= 4 is 23.4 Å². The first-order chi connectivity index (χ1) is 33.1. The van der Waals surface area contributed by atoms with E-state index in [2.05, 4.69) is 18.0 Å². The van der Waals surface area contributed by atoms with Gasteiger partial charge in [-0.3, -0.25) is 14.9 Å². The summed E-state index contributed by atoms with van der Waals surface area (Å²) >= 11 is 0. The Morgan fingerprint density at radius 2 is 1.66 bits per heavy atom. The van der Waals surface area contributed by atoms with E-state index in [9.17, 15) is 34.3 Å². The fourth-order valence-electron chi connectivity index (χ4n) is 10.2. The number of oxime groups is 1. The van der Waals surface area contributed by atoms with Crippen LogP contribution < -0.4 is 14.8 Å². The lowest BCUT2D eigenvalue weighted by Gasteiger charge is -2.60. The van der Waals surface area contributed by atoms with Gasteiger partial charge in [-0.25, -0.2) is 9.18 Å². The van der Waals surface area contributed by atoms with Crippen molar-refractivity contribution in [1.29, 1.82) is 0 Å². The molecule has 4 aromatic rings. The van der Waals surface area contributed by atoms with E-state index in [-0.39, 0.29) is 81.2 Å². The van der Waals surface area contributed by atoms with Crippen LogP contribution in [-0.2, 0) is 34.1 Å². The standard InChI is InChI=1S/C53H59FN4O10/c1-2-28-65-53-48(57(51(61)38-18-19-38)33-36-14-20-40(54)21-15-36)31-46(56-66-34-37-16-22-41(23-17-37)58(63)64)44-29-39(12-6-8-26-59)43(13-7-9-27-60)49(50(44)53)45-30-42(24-25-47(45)68-53)67-52(62)55-32-35-10-4-3-5-11-35/h2-5,10-11,14-17,20-25,29-30,38-39,43,48-50,59-60H,1,6-9,12-13,18-19,26-28,31-34H2,(H,55,62)/t39-,43+,48-,49+,50+,53+/m0/s1. The number of hydrogen-bond donors (Lipinski definition) is 3. The van der Waals surface area contributed by atoms with Crippen LogP contribution in [0.5, 0.6) is 11.5 Å². The van der Waals surface area contributed by atoms with Crippen molar-refractivity contribution in [3.05, 3.63) is 160 Å². The molecule has 358 valence electrons. The Bertz CT molecular complexity index is 2460. The van der Waals surface area contributed by atoms with Gasteiger partial charge in [-0.2, -0.15) is 0 Å². The molecule has 15 heteroatoms. The summed E-state index contributed by atoms with van der Waals surface area (Å²) in [7, 11) is 0. The number of nitrogens with one attached hydrogen (secondary N) is 1. The van der Waals surface area contributed by atoms with E-state index in [1.165, 1.54) is 24.3 Å². The molecule has 8 rings (SSSR count). The number of aliphatic hydroxyl groups excluding tert-OH is 2. The number of carbonyl (C=O) groups excluding carboxylic acids is 2. The highest BCUT2D eigenvalue weighted by Gasteiger charge is 2.66. The molecule has 14 nitrogen and oxygen atoms in total. The Hall–Kier alpha value is -6.42. The zero-order valence-corrected chi connectivity index (χ0v) is 38.1. The van der Waals surface area contributed by atoms with Gasteiger partial charge in [0.15, 0.2) is 0 Å². The van der Waals surface area contributed by atoms with Crippen LogP contribution in [0.15, 0.2) is 127 Å². The molecule has 4 aliphatic rings. The molecule has 0 radical (unpaired) electrons. The van der Waals surface area contributed by atoms with Gasteiger partial charge in [0.25, 0.3) is 5.69 Å². The van der Waals surface area contributed by atoms with E-state index >= 15 is 0 Å². The molecule has 0 bridgehead atoms. The topological polar surface area (TPSA) is 182 Å². The number of halogens is 1. The highest BCUT2D eigenvalue weighted by Crippen LogP contribution is 2.62. The Morgan fingerprint density at radius 3 is 2.35 bits per heavy atom. The maximum absolute atomic E-state index is 14.9. The predicted molar refractivity (Wildman–Crippen MR) is 252 cm³/mol. The smallest absolute Gasteiger partial charge is 0.412 e. The van der Waals surface area contributed by atoms with E-state index in [0.717, 1.165) is 42.4 Å². The van der Waals surface area contributed by atoms with Gasteiger partial charge in [0.1, 0.15) is 30.0 Å². The Balaban J connectivity index is 1.28. The minimum Gasteiger partial charge on any atom is -0.459 e. The largest absolute Gasteiger partial charge is 0.459 e. The van der Waals surface area contributed by atoms with Crippen LogP contribution in [0.4, 0.5) is 14.9 Å². The number of unbranched alkanes of at least 4 members (excludes halogenated alkanes) is 2. The Morgan fingerprint density at radius 1 is 0.941 bits per heavy atom. The maximum Gasteiger partial charge on any atom is 0.412 e. The molecule has 2 saturated carbocycles. The minimum absolute atomic E-state index is 0.00201. The van der Waals surface area contributed by atoms with Gasteiger partial charge >= 0.3 is 6.09 Å². The third-order valence-electron chi connectivity index (χ3n) is 13.5. The number of non-ortho nitro benzene ring substituents is 1. The lowest BCUT2D eigenvalue weighted by molar-refractivity contribution is -0.384. The number of hydrogen-bond acceptors (Lipinski definition) is 11. The van der Waals surface area contributed by atoms with Gasteiger partial charge < -0.3 is 39.5 Å². The molecule has 3 aliphatic carbocycles. The lowest BCUT2D eigenvalue weighted by atomic mass is 9.55. The molecule has 2 amide bonds. The summed E-state index contributed by atoms with van der Waals surface area (Å²) in [6.45, 7) is 4.53. The van der Waals surface area contributed by atoms with Gasteiger partial charge in [0.05, 0.1) is 23.2 Å². The summed E-state index contributed by atoms with van der Waals surface area (Å²) in [4.78, 5) is 47.1. The molecule has 68 heavy (non-hydrogen) atoms. The van der Waals surface area contributed by atoms with Crippen molar-refractivity contribution in [3.8, 4) is 11.5 Å². The van der Waals surface area contributed by atoms with Gasteiger partial charge in [0, 0.05) is 62.3 Å². The average Bonchev–Trinajstić information content (AvgIpc) is 4.21. The summed E-state index contributed by atoms with van der Waals surface area (Å²) in [6.07, 6.45) is 8.87. The number of rotatable bonds is 22. The molecule has 0 saturated heterocycles. The molecule has 0 unspecified atom stereocenters. The van der Waals surface area contributed by atoms with E-state index in [1.807, 2.05) is 36.4 Å². The van der Waals surface area contributed by atoms with Crippen LogP contribution >= 0.6 is 0 Å². The number of allylic oxidation sites excluding steroid dienone is 1. The molecule has 0 spiro atoms. The van der Waals surface area contributed by atoms with Crippen LogP contribution in [0.2, 0.25) is 0 Å². The van der Waals surface area contributed by atoms with Crippen molar-refractivity contribution in [1.82, 2.24) is 10.2 Å². The van der Waals surface area contributed by atoms with Crippen molar-refractivity contribution in [2.75, 3.05) is 19.8 Å². The van der Waals surface area contributed by atoms with E-state index in [4.69, 9.17) is 24.2 Å². The number of nitrogens with zero attached hydrogens (tertiary/aromatic N) is 3. The molecule has 0 aromatic heterocycles. The second-order valence-electron chi connectivity index (χ2n) is 18.1. The monoisotopic (exact) mass is 930 g/mol. The Labute approximate surface area is 395 Å². The fraction of sp³-hybridized carbons (Fsp3) is 0.415. The fourth-order valence-corrected chi connectivity index (χ4v) is 10.2. The molecule has 4 aromatic carbocycles. The summed E-state index contributed by atoms with van der Waals surface area (Å²) in [5.74, 6) is -2.62. The number of ether oxygens (including phenoxy) is 3. The quantitative estimate of drug-likeness (QED) is 0.0297. The molecule has 1 heterocycles. The third-order valence-corrected chi connectivity index (χ3v) is 13.5. The number of aliphatic hydroxyl groups is 2. The van der Waals surface area contributed by atoms with Crippen LogP contribution in [-0.4, -0.2) is 69.4 Å². The first-order valence-electron chi connectivity index (χ1n) is 23.6. The molecule has 1 aliphatic heterocycles. The first-order valence-corrected chi connectivity index (χ1v) is 23.6. The summed E-state index contributed by atoms with van der Waals surface area (Å²) in [6, 6.07) is 26.2. The number of carbonyl (C=O) groups is 2. The maximum atomic E-state index is 14.9. The summed E-state index contributed by atoms with van der Waals surface area (Å²) < 4.78 is 34.7. The zero-order chi connectivity index (χ0) is 47.6. The van der Waals surface area contributed by atoms with Gasteiger partial charge in [-0.05, 0) is 115 Å². The minimum atomic E-state index is -1.54.